The molecule has 1 aliphatic rings. The summed E-state index contributed by atoms with van der Waals surface area (Å²) in [5.74, 6) is 0.844. The van der Waals surface area contributed by atoms with E-state index in [1.807, 2.05) is 16.8 Å². The van der Waals surface area contributed by atoms with Gasteiger partial charge < -0.3 is 0 Å². The molecular formula is C25H21BrN4S. The first-order chi connectivity index (χ1) is 15.1. The van der Waals surface area contributed by atoms with Crippen LogP contribution in [0.4, 0.5) is 0 Å². The Morgan fingerprint density at radius 3 is 2.16 bits per heavy atom. The van der Waals surface area contributed by atoms with Gasteiger partial charge in [-0.1, -0.05) is 99.5 Å². The minimum absolute atomic E-state index is 0.0699. The molecule has 6 heteroatoms. The van der Waals surface area contributed by atoms with Crippen molar-refractivity contribution in [3.05, 3.63) is 111 Å². The van der Waals surface area contributed by atoms with E-state index in [1.54, 1.807) is 11.8 Å². The monoisotopic (exact) mass is 488 g/mol. The Labute approximate surface area is 194 Å². The number of aryl methyl sites for hydroxylation is 2. The Balaban J connectivity index is 1.57. The molecular weight excluding hydrogens is 468 g/mol. The number of benzene rings is 3. The lowest BCUT2D eigenvalue weighted by molar-refractivity contribution is 0.713. The Kier molecular flexibility index (Phi) is 5.50. The fourth-order valence-corrected chi connectivity index (χ4v) is 4.98. The molecule has 0 aliphatic carbocycles. The van der Waals surface area contributed by atoms with Crippen molar-refractivity contribution in [2.24, 2.45) is 5.10 Å². The molecule has 1 aliphatic heterocycles. The van der Waals surface area contributed by atoms with Gasteiger partial charge in [-0.15, -0.1) is 10.2 Å². The van der Waals surface area contributed by atoms with Crippen molar-refractivity contribution in [2.45, 2.75) is 30.7 Å². The van der Waals surface area contributed by atoms with Gasteiger partial charge >= 0.3 is 0 Å². The second-order valence-electron chi connectivity index (χ2n) is 7.77. The average molecular weight is 489 g/mol. The van der Waals surface area contributed by atoms with Crippen LogP contribution in [-0.2, 0) is 6.42 Å². The van der Waals surface area contributed by atoms with E-state index < -0.39 is 0 Å². The van der Waals surface area contributed by atoms with Crippen LogP contribution in [0.2, 0.25) is 0 Å². The van der Waals surface area contributed by atoms with Crippen LogP contribution < -0.4 is 0 Å². The molecule has 1 atom stereocenters. The van der Waals surface area contributed by atoms with Crippen molar-refractivity contribution >= 4 is 33.4 Å². The van der Waals surface area contributed by atoms with E-state index in [4.69, 9.17) is 5.10 Å². The average Bonchev–Trinajstić information content (AvgIpc) is 3.17. The lowest BCUT2D eigenvalue weighted by atomic mass is 10.00. The van der Waals surface area contributed by atoms with Crippen LogP contribution in [0.25, 0.3) is 0 Å². The fraction of sp³-hybridized carbons (Fsp3) is 0.160. The smallest absolute Gasteiger partial charge is 0.191 e. The predicted molar refractivity (Wildman–Crippen MR) is 130 cm³/mol. The lowest BCUT2D eigenvalue weighted by Gasteiger charge is -2.24. The number of aromatic nitrogens is 3. The molecule has 4 nitrogen and oxygen atoms in total. The third-order valence-corrected chi connectivity index (χ3v) is 7.08. The Morgan fingerprint density at radius 2 is 1.48 bits per heavy atom. The first-order valence-electron chi connectivity index (χ1n) is 10.1. The van der Waals surface area contributed by atoms with Crippen LogP contribution in [0.15, 0.2) is 87.5 Å². The van der Waals surface area contributed by atoms with E-state index in [-0.39, 0.29) is 5.25 Å². The summed E-state index contributed by atoms with van der Waals surface area (Å²) in [4.78, 5) is 0. The second-order valence-corrected chi connectivity index (χ2v) is 9.76. The van der Waals surface area contributed by atoms with Crippen molar-refractivity contribution in [2.75, 3.05) is 0 Å². The first kappa shape index (κ1) is 20.2. The van der Waals surface area contributed by atoms with Gasteiger partial charge in [0, 0.05) is 10.9 Å². The number of nitrogens with zero attached hydrogens (tertiary/aromatic N) is 4. The van der Waals surface area contributed by atoms with Crippen molar-refractivity contribution in [3.63, 3.8) is 0 Å². The summed E-state index contributed by atoms with van der Waals surface area (Å²) in [5.41, 5.74) is 7.03. The lowest BCUT2D eigenvalue weighted by Crippen LogP contribution is -2.19. The quantitative estimate of drug-likeness (QED) is 0.336. The van der Waals surface area contributed by atoms with Crippen LogP contribution in [0.1, 0.15) is 38.9 Å². The van der Waals surface area contributed by atoms with Gasteiger partial charge in [0.2, 0.25) is 5.16 Å². The number of fused-ring (bicyclic) bond motifs is 1. The zero-order valence-electron chi connectivity index (χ0n) is 17.3. The number of thioether (sulfide) groups is 1. The number of hydrogen-bond acceptors (Lipinski definition) is 4. The standard InChI is InChI=1S/C25H21BrN4S/c1-16-3-9-19(10-4-16)23-24(20-11-5-17(2)6-12-20)31-25-28-27-22(30(25)29-23)15-18-7-13-21(26)14-8-18/h3-14,24H,15H2,1-2H3. The summed E-state index contributed by atoms with van der Waals surface area (Å²) >= 11 is 5.21. The summed E-state index contributed by atoms with van der Waals surface area (Å²) in [6.45, 7) is 4.21. The number of halogens is 1. The molecule has 0 N–H and O–H groups in total. The third kappa shape index (κ3) is 4.23. The van der Waals surface area contributed by atoms with Gasteiger partial charge in [0.25, 0.3) is 0 Å². The van der Waals surface area contributed by atoms with Crippen molar-refractivity contribution in [1.82, 2.24) is 14.9 Å². The normalized spacial score (nSPS) is 15.5. The van der Waals surface area contributed by atoms with Crippen molar-refractivity contribution < 1.29 is 0 Å². The molecule has 0 saturated heterocycles. The van der Waals surface area contributed by atoms with Gasteiger partial charge in [-0.25, -0.2) is 0 Å². The molecule has 0 fully saturated rings. The van der Waals surface area contributed by atoms with E-state index in [0.29, 0.717) is 6.42 Å². The topological polar surface area (TPSA) is 43.1 Å². The molecule has 1 unspecified atom stereocenters. The molecule has 2 heterocycles. The van der Waals surface area contributed by atoms with Gasteiger partial charge in [-0.2, -0.15) is 9.78 Å². The van der Waals surface area contributed by atoms with Crippen LogP contribution >= 0.6 is 27.7 Å². The molecule has 3 aromatic carbocycles. The van der Waals surface area contributed by atoms with Gasteiger partial charge in [0.15, 0.2) is 5.82 Å². The van der Waals surface area contributed by atoms with E-state index in [1.165, 1.54) is 22.3 Å². The van der Waals surface area contributed by atoms with E-state index in [2.05, 4.69) is 101 Å². The summed E-state index contributed by atoms with van der Waals surface area (Å²) in [7, 11) is 0. The minimum Gasteiger partial charge on any atom is -0.191 e. The minimum atomic E-state index is 0.0699. The second kappa shape index (κ2) is 8.44. The summed E-state index contributed by atoms with van der Waals surface area (Å²) < 4.78 is 2.97. The molecule has 154 valence electrons. The molecule has 0 amide bonds. The highest BCUT2D eigenvalue weighted by molar-refractivity contribution is 9.10. The fourth-order valence-electron chi connectivity index (χ4n) is 3.59. The van der Waals surface area contributed by atoms with Crippen LogP contribution in [0, 0.1) is 13.8 Å². The maximum Gasteiger partial charge on any atom is 0.213 e. The molecule has 5 rings (SSSR count). The highest BCUT2D eigenvalue weighted by atomic mass is 79.9. The Hall–Kier alpha value is -2.70. The maximum atomic E-state index is 5.08. The molecule has 0 saturated carbocycles. The molecule has 31 heavy (non-hydrogen) atoms. The highest BCUT2D eigenvalue weighted by Crippen LogP contribution is 2.41. The summed E-state index contributed by atoms with van der Waals surface area (Å²) in [6, 6.07) is 25.6. The summed E-state index contributed by atoms with van der Waals surface area (Å²) in [6.07, 6.45) is 0.681. The first-order valence-corrected chi connectivity index (χ1v) is 11.8. The van der Waals surface area contributed by atoms with Gasteiger partial charge in [-0.3, -0.25) is 0 Å². The Bertz CT molecular complexity index is 1240. The zero-order valence-corrected chi connectivity index (χ0v) is 19.7. The van der Waals surface area contributed by atoms with E-state index in [0.717, 1.165) is 26.7 Å². The van der Waals surface area contributed by atoms with Gasteiger partial charge in [-0.05, 0) is 42.7 Å². The van der Waals surface area contributed by atoms with Crippen LogP contribution in [0.3, 0.4) is 0 Å². The zero-order chi connectivity index (χ0) is 21.4. The molecule has 1 aromatic heterocycles. The van der Waals surface area contributed by atoms with Crippen molar-refractivity contribution in [1.29, 1.82) is 0 Å². The van der Waals surface area contributed by atoms with Gasteiger partial charge in [0.05, 0.1) is 11.0 Å². The van der Waals surface area contributed by atoms with E-state index >= 15 is 0 Å². The number of rotatable bonds is 4. The highest BCUT2D eigenvalue weighted by Gasteiger charge is 2.30. The molecule has 0 spiro atoms. The third-order valence-electron chi connectivity index (χ3n) is 5.36. The molecule has 4 aromatic rings. The van der Waals surface area contributed by atoms with Crippen LogP contribution in [-0.4, -0.2) is 20.6 Å². The van der Waals surface area contributed by atoms with Crippen molar-refractivity contribution in [3.8, 4) is 0 Å². The predicted octanol–water partition coefficient (Wildman–Crippen LogP) is 6.35. The van der Waals surface area contributed by atoms with Gasteiger partial charge in [0.1, 0.15) is 0 Å². The molecule has 0 radical (unpaired) electrons. The SMILES string of the molecule is Cc1ccc(C2=Nn3c(Cc4ccc(Br)cc4)nnc3SC2c2ccc(C)cc2)cc1. The largest absolute Gasteiger partial charge is 0.213 e. The van der Waals surface area contributed by atoms with E-state index in [9.17, 15) is 0 Å². The summed E-state index contributed by atoms with van der Waals surface area (Å²) in [5, 5.41) is 14.9. The Morgan fingerprint density at radius 1 is 0.839 bits per heavy atom. The molecule has 0 bridgehead atoms. The number of hydrogen-bond donors (Lipinski definition) is 0. The maximum absolute atomic E-state index is 5.08. The van der Waals surface area contributed by atoms with Crippen LogP contribution in [0.5, 0.6) is 0 Å².